The third-order valence-corrected chi connectivity index (χ3v) is 2.12. The molecule has 0 radical (unpaired) electrons. The van der Waals surface area contributed by atoms with Crippen LogP contribution in [0.4, 0.5) is 0 Å². The summed E-state index contributed by atoms with van der Waals surface area (Å²) in [6.45, 7) is -0.110. The Balaban J connectivity index is 2.38. The van der Waals surface area contributed by atoms with Crippen LogP contribution in [0, 0.1) is 0 Å². The maximum Gasteiger partial charge on any atom is 0.159 e. The second kappa shape index (κ2) is 4.16. The molecule has 0 bridgehead atoms. The van der Waals surface area contributed by atoms with Gasteiger partial charge in [0.25, 0.3) is 0 Å². The number of hydrogen-bond donors (Lipinski definition) is 3. The molecule has 0 spiro atoms. The van der Waals surface area contributed by atoms with Gasteiger partial charge in [0.15, 0.2) is 17.3 Å². The van der Waals surface area contributed by atoms with Gasteiger partial charge in [-0.1, -0.05) is 0 Å². The van der Waals surface area contributed by atoms with E-state index in [4.69, 9.17) is 10.2 Å². The van der Waals surface area contributed by atoms with Gasteiger partial charge < -0.3 is 15.3 Å². The minimum Gasteiger partial charge on any atom is -0.504 e. The fourth-order valence-electron chi connectivity index (χ4n) is 1.25. The SMILES string of the molecule is OCc1cnc(-c2ccc(O)c(O)c2)nc1. The number of aliphatic hydroxyl groups excluding tert-OH is 1. The lowest BCUT2D eigenvalue weighted by Gasteiger charge is -2.02. The summed E-state index contributed by atoms with van der Waals surface area (Å²) in [4.78, 5) is 8.05. The first kappa shape index (κ1) is 10.4. The van der Waals surface area contributed by atoms with E-state index in [1.54, 1.807) is 6.07 Å². The van der Waals surface area contributed by atoms with E-state index >= 15 is 0 Å². The average molecular weight is 218 g/mol. The number of aromatic nitrogens is 2. The predicted octanol–water partition coefficient (Wildman–Crippen LogP) is 1.05. The monoisotopic (exact) mass is 218 g/mol. The van der Waals surface area contributed by atoms with Gasteiger partial charge in [0, 0.05) is 23.5 Å². The lowest BCUT2D eigenvalue weighted by Crippen LogP contribution is -1.92. The smallest absolute Gasteiger partial charge is 0.159 e. The second-order valence-corrected chi connectivity index (χ2v) is 3.28. The number of aliphatic hydroxyl groups is 1. The second-order valence-electron chi connectivity index (χ2n) is 3.28. The molecule has 3 N–H and O–H groups in total. The molecule has 0 amide bonds. The summed E-state index contributed by atoms with van der Waals surface area (Å²) in [5.74, 6) is 0.0237. The predicted molar refractivity (Wildman–Crippen MR) is 56.7 cm³/mol. The Morgan fingerprint density at radius 3 is 2.25 bits per heavy atom. The molecule has 0 atom stereocenters. The number of hydrogen-bond acceptors (Lipinski definition) is 5. The molecule has 5 heteroatoms. The van der Waals surface area contributed by atoms with Gasteiger partial charge in [0.2, 0.25) is 0 Å². The summed E-state index contributed by atoms with van der Waals surface area (Å²) in [5, 5.41) is 27.3. The molecular weight excluding hydrogens is 208 g/mol. The normalized spacial score (nSPS) is 10.3. The minimum atomic E-state index is -0.215. The van der Waals surface area contributed by atoms with Crippen LogP contribution >= 0.6 is 0 Å². The van der Waals surface area contributed by atoms with Crippen molar-refractivity contribution in [2.45, 2.75) is 6.61 Å². The first-order valence-electron chi connectivity index (χ1n) is 4.65. The highest BCUT2D eigenvalue weighted by atomic mass is 16.3. The Hall–Kier alpha value is -2.14. The summed E-state index contributed by atoms with van der Waals surface area (Å²) in [6.07, 6.45) is 3.01. The van der Waals surface area contributed by atoms with Crippen molar-refractivity contribution in [3.05, 3.63) is 36.2 Å². The first-order valence-corrected chi connectivity index (χ1v) is 4.65. The highest BCUT2D eigenvalue weighted by Gasteiger charge is 2.05. The fraction of sp³-hybridized carbons (Fsp3) is 0.0909. The van der Waals surface area contributed by atoms with Gasteiger partial charge in [-0.05, 0) is 18.2 Å². The third kappa shape index (κ3) is 1.94. The summed E-state index contributed by atoms with van der Waals surface area (Å²) in [5.41, 5.74) is 1.21. The average Bonchev–Trinajstić information content (AvgIpc) is 2.33. The maximum absolute atomic E-state index is 9.32. The van der Waals surface area contributed by atoms with Gasteiger partial charge in [-0.25, -0.2) is 9.97 Å². The van der Waals surface area contributed by atoms with Crippen LogP contribution in [0.25, 0.3) is 11.4 Å². The Morgan fingerprint density at radius 2 is 1.69 bits per heavy atom. The third-order valence-electron chi connectivity index (χ3n) is 2.12. The van der Waals surface area contributed by atoms with Crippen LogP contribution in [0.2, 0.25) is 0 Å². The Labute approximate surface area is 91.7 Å². The van der Waals surface area contributed by atoms with Crippen molar-refractivity contribution < 1.29 is 15.3 Å². The molecule has 1 aromatic carbocycles. The van der Waals surface area contributed by atoms with Gasteiger partial charge in [0.1, 0.15) is 0 Å². The highest BCUT2D eigenvalue weighted by molar-refractivity contribution is 5.60. The largest absolute Gasteiger partial charge is 0.504 e. The fourth-order valence-corrected chi connectivity index (χ4v) is 1.25. The number of nitrogens with zero attached hydrogens (tertiary/aromatic N) is 2. The van der Waals surface area contributed by atoms with E-state index in [0.717, 1.165) is 0 Å². The molecule has 0 saturated heterocycles. The van der Waals surface area contributed by atoms with Crippen molar-refractivity contribution in [1.29, 1.82) is 0 Å². The van der Waals surface area contributed by atoms with Crippen molar-refractivity contribution in [3.8, 4) is 22.9 Å². The minimum absolute atomic E-state index is 0.110. The molecule has 0 aliphatic heterocycles. The molecule has 1 aromatic heterocycles. The molecule has 0 unspecified atom stereocenters. The van der Waals surface area contributed by atoms with Crippen molar-refractivity contribution in [1.82, 2.24) is 9.97 Å². The molecule has 1 heterocycles. The number of phenols is 2. The van der Waals surface area contributed by atoms with Crippen LogP contribution in [0.5, 0.6) is 11.5 Å². The van der Waals surface area contributed by atoms with Crippen LogP contribution in [0.3, 0.4) is 0 Å². The molecule has 5 nitrogen and oxygen atoms in total. The zero-order valence-electron chi connectivity index (χ0n) is 8.33. The topological polar surface area (TPSA) is 86.5 Å². The zero-order chi connectivity index (χ0) is 11.5. The molecule has 2 aromatic rings. The van der Waals surface area contributed by atoms with Gasteiger partial charge in [0.05, 0.1) is 6.61 Å². The molecule has 0 aliphatic rings. The lowest BCUT2D eigenvalue weighted by atomic mass is 10.2. The molecular formula is C11H10N2O3. The van der Waals surface area contributed by atoms with E-state index in [-0.39, 0.29) is 18.1 Å². The van der Waals surface area contributed by atoms with Crippen LogP contribution in [-0.4, -0.2) is 25.3 Å². The van der Waals surface area contributed by atoms with E-state index in [9.17, 15) is 5.11 Å². The quantitative estimate of drug-likeness (QED) is 0.656. The summed E-state index contributed by atoms with van der Waals surface area (Å²) in [7, 11) is 0. The van der Waals surface area contributed by atoms with Gasteiger partial charge in [-0.15, -0.1) is 0 Å². The lowest BCUT2D eigenvalue weighted by molar-refractivity contribution is 0.281. The Morgan fingerprint density at radius 1 is 1.00 bits per heavy atom. The molecule has 82 valence electrons. The van der Waals surface area contributed by atoms with Crippen molar-refractivity contribution in [2.75, 3.05) is 0 Å². The Kier molecular flexibility index (Phi) is 2.70. The number of rotatable bonds is 2. The molecule has 16 heavy (non-hydrogen) atoms. The van der Waals surface area contributed by atoms with Crippen molar-refractivity contribution in [2.24, 2.45) is 0 Å². The van der Waals surface area contributed by atoms with Gasteiger partial charge in [-0.3, -0.25) is 0 Å². The molecule has 0 aliphatic carbocycles. The molecule has 0 fully saturated rings. The van der Waals surface area contributed by atoms with Crippen LogP contribution in [-0.2, 0) is 6.61 Å². The van der Waals surface area contributed by atoms with E-state index in [1.165, 1.54) is 24.5 Å². The number of benzene rings is 1. The van der Waals surface area contributed by atoms with Crippen LogP contribution in [0.15, 0.2) is 30.6 Å². The van der Waals surface area contributed by atoms with Gasteiger partial charge in [-0.2, -0.15) is 0 Å². The Bertz CT molecular complexity index is 497. The highest BCUT2D eigenvalue weighted by Crippen LogP contribution is 2.28. The molecule has 0 saturated carbocycles. The summed E-state index contributed by atoms with van der Waals surface area (Å²) in [6, 6.07) is 4.35. The van der Waals surface area contributed by atoms with Gasteiger partial charge >= 0.3 is 0 Å². The number of phenolic OH excluding ortho intramolecular Hbond substituents is 2. The van der Waals surface area contributed by atoms with E-state index in [2.05, 4.69) is 9.97 Å². The zero-order valence-corrected chi connectivity index (χ0v) is 8.33. The van der Waals surface area contributed by atoms with Crippen LogP contribution in [0.1, 0.15) is 5.56 Å². The van der Waals surface area contributed by atoms with Crippen molar-refractivity contribution in [3.63, 3.8) is 0 Å². The summed E-state index contributed by atoms with van der Waals surface area (Å²) < 4.78 is 0. The summed E-state index contributed by atoms with van der Waals surface area (Å²) >= 11 is 0. The van der Waals surface area contributed by atoms with E-state index in [0.29, 0.717) is 17.0 Å². The molecule has 2 rings (SSSR count). The first-order chi connectivity index (χ1) is 7.70. The van der Waals surface area contributed by atoms with E-state index in [1.807, 2.05) is 0 Å². The van der Waals surface area contributed by atoms with E-state index < -0.39 is 0 Å². The van der Waals surface area contributed by atoms with Crippen molar-refractivity contribution >= 4 is 0 Å². The maximum atomic E-state index is 9.32. The number of aromatic hydroxyl groups is 2. The van der Waals surface area contributed by atoms with Crippen LogP contribution < -0.4 is 0 Å². The standard InChI is InChI=1S/C11H10N2O3/c14-6-7-4-12-11(13-5-7)8-1-2-9(15)10(16)3-8/h1-5,14-16H,6H2.